The zero-order valence-electron chi connectivity index (χ0n) is 7.35. The molecule has 0 amide bonds. The number of aliphatic hydroxyl groups excluding tert-OH is 2. The summed E-state index contributed by atoms with van der Waals surface area (Å²) in [4.78, 5) is 0. The Morgan fingerprint density at radius 1 is 1.50 bits per heavy atom. The van der Waals surface area contributed by atoms with Gasteiger partial charge in [0, 0.05) is 5.92 Å². The fourth-order valence-electron chi connectivity index (χ4n) is 0.944. The highest BCUT2D eigenvalue weighted by molar-refractivity contribution is 5.00. The smallest absolute Gasteiger partial charge is 0.0752 e. The van der Waals surface area contributed by atoms with Crippen LogP contribution in [0.15, 0.2) is 37.1 Å². The van der Waals surface area contributed by atoms with Gasteiger partial charge in [-0.15, -0.1) is 6.58 Å². The van der Waals surface area contributed by atoms with E-state index in [0.29, 0.717) is 6.42 Å². The molecule has 0 heterocycles. The monoisotopic (exact) mass is 168 g/mol. The van der Waals surface area contributed by atoms with E-state index in [2.05, 4.69) is 6.58 Å². The Morgan fingerprint density at radius 2 is 2.17 bits per heavy atom. The predicted molar refractivity (Wildman–Crippen MR) is 50.9 cm³/mol. The van der Waals surface area contributed by atoms with Gasteiger partial charge in [0.05, 0.1) is 12.4 Å². The van der Waals surface area contributed by atoms with Crippen molar-refractivity contribution in [2.45, 2.75) is 19.4 Å². The lowest BCUT2D eigenvalue weighted by atomic mass is 9.99. The zero-order valence-corrected chi connectivity index (χ0v) is 7.35. The van der Waals surface area contributed by atoms with Gasteiger partial charge in [0.2, 0.25) is 0 Å². The molecule has 0 fully saturated rings. The Balaban J connectivity index is 4.01. The summed E-state index contributed by atoms with van der Waals surface area (Å²) in [7, 11) is 0. The van der Waals surface area contributed by atoms with Crippen molar-refractivity contribution in [3.63, 3.8) is 0 Å². The van der Waals surface area contributed by atoms with E-state index in [1.807, 2.05) is 19.1 Å². The minimum absolute atomic E-state index is 0.0359. The summed E-state index contributed by atoms with van der Waals surface area (Å²) in [5.41, 5.74) is 0. The van der Waals surface area contributed by atoms with E-state index in [-0.39, 0.29) is 5.92 Å². The van der Waals surface area contributed by atoms with E-state index < -0.39 is 6.10 Å². The third-order valence-electron chi connectivity index (χ3n) is 1.61. The second-order valence-corrected chi connectivity index (χ2v) is 2.53. The van der Waals surface area contributed by atoms with E-state index in [4.69, 9.17) is 5.11 Å². The van der Waals surface area contributed by atoms with Crippen LogP contribution in [-0.4, -0.2) is 16.3 Å². The summed E-state index contributed by atoms with van der Waals surface area (Å²) in [6.45, 7) is 5.50. The molecule has 2 nitrogen and oxygen atoms in total. The second-order valence-electron chi connectivity index (χ2n) is 2.53. The van der Waals surface area contributed by atoms with Gasteiger partial charge in [0.1, 0.15) is 0 Å². The molecule has 0 aliphatic rings. The first-order chi connectivity index (χ1) is 5.76. The van der Waals surface area contributed by atoms with Crippen LogP contribution in [0.25, 0.3) is 0 Å². The molecule has 0 aromatic rings. The largest absolute Gasteiger partial charge is 0.516 e. The van der Waals surface area contributed by atoms with Gasteiger partial charge in [0.15, 0.2) is 0 Å². The van der Waals surface area contributed by atoms with Crippen molar-refractivity contribution in [2.24, 2.45) is 5.92 Å². The van der Waals surface area contributed by atoms with Gasteiger partial charge in [-0.05, 0) is 19.4 Å². The van der Waals surface area contributed by atoms with Crippen molar-refractivity contribution in [1.29, 1.82) is 0 Å². The van der Waals surface area contributed by atoms with E-state index in [1.165, 1.54) is 6.08 Å². The average Bonchev–Trinajstić information content (AvgIpc) is 2.10. The normalized spacial score (nSPS) is 16.8. The zero-order chi connectivity index (χ0) is 9.40. The van der Waals surface area contributed by atoms with Crippen molar-refractivity contribution in [2.75, 3.05) is 0 Å². The highest BCUT2D eigenvalue weighted by Crippen LogP contribution is 2.10. The van der Waals surface area contributed by atoms with Crippen LogP contribution in [0.4, 0.5) is 0 Å². The standard InChI is InChI=1S/C10H16O2/c1-3-6-9(4-2)10(12)7-5-8-11/h3-6,8-12H,2,7H2,1H3. The molecule has 2 heteroatoms. The lowest BCUT2D eigenvalue weighted by molar-refractivity contribution is 0.151. The fraction of sp³-hybridized carbons (Fsp3) is 0.400. The maximum atomic E-state index is 9.49. The Kier molecular flexibility index (Phi) is 6.11. The van der Waals surface area contributed by atoms with Gasteiger partial charge in [-0.2, -0.15) is 0 Å². The van der Waals surface area contributed by atoms with Gasteiger partial charge in [-0.1, -0.05) is 18.2 Å². The molecule has 0 aliphatic heterocycles. The third-order valence-corrected chi connectivity index (χ3v) is 1.61. The first-order valence-electron chi connectivity index (χ1n) is 3.99. The van der Waals surface area contributed by atoms with Gasteiger partial charge in [-0.3, -0.25) is 0 Å². The minimum Gasteiger partial charge on any atom is -0.516 e. The maximum Gasteiger partial charge on any atom is 0.0752 e. The molecule has 0 rings (SSSR count). The molecule has 0 spiro atoms. The second kappa shape index (κ2) is 6.68. The van der Waals surface area contributed by atoms with Crippen LogP contribution in [0.2, 0.25) is 0 Å². The van der Waals surface area contributed by atoms with Crippen molar-refractivity contribution in [3.05, 3.63) is 37.1 Å². The van der Waals surface area contributed by atoms with Gasteiger partial charge in [-0.25, -0.2) is 0 Å². The summed E-state index contributed by atoms with van der Waals surface area (Å²) >= 11 is 0. The number of rotatable bonds is 5. The molecule has 0 radical (unpaired) electrons. The van der Waals surface area contributed by atoms with Crippen LogP contribution in [0.5, 0.6) is 0 Å². The fourth-order valence-corrected chi connectivity index (χ4v) is 0.944. The highest BCUT2D eigenvalue weighted by Gasteiger charge is 2.10. The summed E-state index contributed by atoms with van der Waals surface area (Å²) in [6, 6.07) is 0. The van der Waals surface area contributed by atoms with Crippen LogP contribution in [-0.2, 0) is 0 Å². The number of allylic oxidation sites excluding steroid dienone is 1. The molecule has 2 unspecified atom stereocenters. The SMILES string of the molecule is C=CC(C=CC)C(O)CC=CO. The van der Waals surface area contributed by atoms with Gasteiger partial charge in [0.25, 0.3) is 0 Å². The van der Waals surface area contributed by atoms with Crippen LogP contribution >= 0.6 is 0 Å². The van der Waals surface area contributed by atoms with Crippen LogP contribution < -0.4 is 0 Å². The molecule has 0 saturated carbocycles. The molecule has 0 saturated heterocycles. The van der Waals surface area contributed by atoms with Crippen LogP contribution in [0, 0.1) is 5.92 Å². The van der Waals surface area contributed by atoms with Crippen molar-refractivity contribution < 1.29 is 10.2 Å². The quantitative estimate of drug-likeness (QED) is 0.488. The van der Waals surface area contributed by atoms with Crippen molar-refractivity contribution in [1.82, 2.24) is 0 Å². The Labute approximate surface area is 73.5 Å². The molecule has 0 aromatic carbocycles. The topological polar surface area (TPSA) is 40.5 Å². The first-order valence-corrected chi connectivity index (χ1v) is 3.99. The molecule has 0 bridgehead atoms. The Morgan fingerprint density at radius 3 is 2.58 bits per heavy atom. The number of aliphatic hydroxyl groups is 2. The van der Waals surface area contributed by atoms with Crippen LogP contribution in [0.1, 0.15) is 13.3 Å². The summed E-state index contributed by atoms with van der Waals surface area (Å²) in [5, 5.41) is 17.9. The minimum atomic E-state index is -0.498. The summed E-state index contributed by atoms with van der Waals surface area (Å²) in [5.74, 6) is -0.0359. The molecule has 2 N–H and O–H groups in total. The summed E-state index contributed by atoms with van der Waals surface area (Å²) < 4.78 is 0. The lowest BCUT2D eigenvalue weighted by Gasteiger charge is -2.13. The number of hydrogen-bond acceptors (Lipinski definition) is 2. The highest BCUT2D eigenvalue weighted by atomic mass is 16.3. The molecule has 68 valence electrons. The Bertz CT molecular complexity index is 171. The van der Waals surface area contributed by atoms with Crippen molar-refractivity contribution in [3.8, 4) is 0 Å². The Hall–Kier alpha value is -1.02. The average molecular weight is 168 g/mol. The van der Waals surface area contributed by atoms with E-state index in [0.717, 1.165) is 6.26 Å². The third kappa shape index (κ3) is 3.98. The molecule has 2 atom stereocenters. The first kappa shape index (κ1) is 11.0. The molecule has 12 heavy (non-hydrogen) atoms. The van der Waals surface area contributed by atoms with E-state index >= 15 is 0 Å². The van der Waals surface area contributed by atoms with Gasteiger partial charge < -0.3 is 10.2 Å². The molecular formula is C10H16O2. The van der Waals surface area contributed by atoms with E-state index in [9.17, 15) is 5.11 Å². The number of hydrogen-bond donors (Lipinski definition) is 2. The summed E-state index contributed by atoms with van der Waals surface area (Å²) in [6.07, 6.45) is 7.85. The van der Waals surface area contributed by atoms with E-state index in [1.54, 1.807) is 6.08 Å². The van der Waals surface area contributed by atoms with Crippen molar-refractivity contribution >= 4 is 0 Å². The van der Waals surface area contributed by atoms with Crippen LogP contribution in [0.3, 0.4) is 0 Å². The maximum absolute atomic E-state index is 9.49. The van der Waals surface area contributed by atoms with Gasteiger partial charge >= 0.3 is 0 Å². The molecule has 0 aromatic heterocycles. The predicted octanol–water partition coefficient (Wildman–Crippen LogP) is 2.19. The lowest BCUT2D eigenvalue weighted by Crippen LogP contribution is -2.15. The molecule has 0 aliphatic carbocycles. The molecular weight excluding hydrogens is 152 g/mol.